The Hall–Kier alpha value is -2.49. The smallest absolute Gasteiger partial charge is 0.251 e. The van der Waals surface area contributed by atoms with E-state index in [2.05, 4.69) is 36.3 Å². The van der Waals surface area contributed by atoms with E-state index in [9.17, 15) is 4.79 Å². The molecule has 1 N–H and O–H groups in total. The topological polar surface area (TPSA) is 41.6 Å². The van der Waals surface area contributed by atoms with Crippen LogP contribution in [0.25, 0.3) is 0 Å². The Morgan fingerprint density at radius 2 is 2.00 bits per heavy atom. The van der Waals surface area contributed by atoms with E-state index in [4.69, 9.17) is 4.74 Å². The predicted octanol–water partition coefficient (Wildman–Crippen LogP) is 3.22. The van der Waals surface area contributed by atoms with Crippen LogP contribution >= 0.6 is 0 Å². The van der Waals surface area contributed by atoms with Crippen molar-refractivity contribution in [2.24, 2.45) is 0 Å². The summed E-state index contributed by atoms with van der Waals surface area (Å²) in [6, 6.07) is 15.6. The molecule has 0 saturated heterocycles. The van der Waals surface area contributed by atoms with Gasteiger partial charge in [0.15, 0.2) is 0 Å². The normalized spacial score (nSPS) is 19.0. The van der Waals surface area contributed by atoms with Crippen molar-refractivity contribution in [3.8, 4) is 5.75 Å². The molecule has 2 aromatic carbocycles. The number of anilines is 1. The van der Waals surface area contributed by atoms with Crippen molar-refractivity contribution >= 4 is 11.6 Å². The Bertz CT molecular complexity index is 730. The Labute approximate surface area is 143 Å². The fourth-order valence-corrected chi connectivity index (χ4v) is 3.51. The largest absolute Gasteiger partial charge is 0.497 e. The predicted molar refractivity (Wildman–Crippen MR) is 97.0 cm³/mol. The molecule has 1 aliphatic rings. The van der Waals surface area contributed by atoms with E-state index in [0.717, 1.165) is 18.7 Å². The average molecular weight is 324 g/mol. The summed E-state index contributed by atoms with van der Waals surface area (Å²) in [7, 11) is 3.80. The minimum absolute atomic E-state index is 0.00257. The number of likely N-dealkylation sites (N-methyl/N-ethyl adjacent to an activating group) is 1. The van der Waals surface area contributed by atoms with Crippen LogP contribution in [0, 0.1) is 0 Å². The number of hydrogen-bond acceptors (Lipinski definition) is 3. The lowest BCUT2D eigenvalue weighted by molar-refractivity contribution is 0.0951. The number of nitrogens with one attached hydrogen (secondary N) is 1. The molecule has 0 fully saturated rings. The SMILES string of the molecule is COc1ccc2c(c1)C(C)(CCNC(=O)c1ccccc1)CN2C. The van der Waals surface area contributed by atoms with Crippen LogP contribution in [-0.2, 0) is 5.41 Å². The molecule has 4 nitrogen and oxygen atoms in total. The van der Waals surface area contributed by atoms with Gasteiger partial charge in [-0.1, -0.05) is 25.1 Å². The second-order valence-corrected chi connectivity index (χ2v) is 6.67. The average Bonchev–Trinajstić information content (AvgIpc) is 2.86. The molecular formula is C20H24N2O2. The van der Waals surface area contributed by atoms with Gasteiger partial charge in [0.25, 0.3) is 5.91 Å². The molecule has 126 valence electrons. The fourth-order valence-electron chi connectivity index (χ4n) is 3.51. The van der Waals surface area contributed by atoms with Gasteiger partial charge in [-0.15, -0.1) is 0 Å². The van der Waals surface area contributed by atoms with E-state index in [1.807, 2.05) is 36.4 Å². The molecule has 3 rings (SSSR count). The Morgan fingerprint density at radius 3 is 2.71 bits per heavy atom. The van der Waals surface area contributed by atoms with Crippen molar-refractivity contribution < 1.29 is 9.53 Å². The van der Waals surface area contributed by atoms with E-state index in [-0.39, 0.29) is 11.3 Å². The van der Waals surface area contributed by atoms with Crippen LogP contribution in [0.15, 0.2) is 48.5 Å². The Morgan fingerprint density at radius 1 is 1.25 bits per heavy atom. The van der Waals surface area contributed by atoms with E-state index in [1.54, 1.807) is 7.11 Å². The minimum atomic E-state index is -0.0172. The van der Waals surface area contributed by atoms with Crippen LogP contribution in [0.1, 0.15) is 29.3 Å². The fraction of sp³-hybridized carbons (Fsp3) is 0.350. The Balaban J connectivity index is 1.69. The maximum atomic E-state index is 12.2. The number of hydrogen-bond donors (Lipinski definition) is 1. The zero-order chi connectivity index (χ0) is 17.2. The third-order valence-electron chi connectivity index (χ3n) is 4.85. The van der Waals surface area contributed by atoms with Gasteiger partial charge >= 0.3 is 0 Å². The quantitative estimate of drug-likeness (QED) is 0.918. The van der Waals surface area contributed by atoms with Gasteiger partial charge in [-0.25, -0.2) is 0 Å². The maximum absolute atomic E-state index is 12.2. The van der Waals surface area contributed by atoms with E-state index in [0.29, 0.717) is 12.1 Å². The number of methoxy groups -OCH3 is 1. The van der Waals surface area contributed by atoms with Crippen molar-refractivity contribution in [3.05, 3.63) is 59.7 Å². The molecule has 0 aromatic heterocycles. The number of benzene rings is 2. The van der Waals surface area contributed by atoms with E-state index in [1.165, 1.54) is 11.3 Å². The van der Waals surface area contributed by atoms with Gasteiger partial charge in [-0.2, -0.15) is 0 Å². The van der Waals surface area contributed by atoms with Crippen molar-refractivity contribution in [3.63, 3.8) is 0 Å². The summed E-state index contributed by atoms with van der Waals surface area (Å²) in [4.78, 5) is 14.5. The van der Waals surface area contributed by atoms with Gasteiger partial charge in [0.1, 0.15) is 5.75 Å². The molecule has 0 radical (unpaired) electrons. The summed E-state index contributed by atoms with van der Waals surface area (Å²) >= 11 is 0. The lowest BCUT2D eigenvalue weighted by Crippen LogP contribution is -2.34. The second kappa shape index (κ2) is 6.56. The van der Waals surface area contributed by atoms with Gasteiger partial charge in [0.2, 0.25) is 0 Å². The lowest BCUT2D eigenvalue weighted by Gasteiger charge is -2.25. The molecule has 1 heterocycles. The molecule has 24 heavy (non-hydrogen) atoms. The van der Waals surface area contributed by atoms with Gasteiger partial charge in [-0.05, 0) is 42.3 Å². The lowest BCUT2D eigenvalue weighted by atomic mass is 9.81. The standard InChI is InChI=1S/C20H24N2O2/c1-20(11-12-21-19(23)15-7-5-4-6-8-15)14-22(2)18-10-9-16(24-3)13-17(18)20/h4-10,13H,11-12,14H2,1-3H3,(H,21,23). The molecular weight excluding hydrogens is 300 g/mol. The van der Waals surface area contributed by atoms with Crippen molar-refractivity contribution in [2.45, 2.75) is 18.8 Å². The zero-order valence-electron chi connectivity index (χ0n) is 14.5. The van der Waals surface area contributed by atoms with Crippen LogP contribution in [0.4, 0.5) is 5.69 Å². The van der Waals surface area contributed by atoms with Crippen LogP contribution < -0.4 is 15.0 Å². The number of amides is 1. The monoisotopic (exact) mass is 324 g/mol. The van der Waals surface area contributed by atoms with Crippen LogP contribution in [-0.4, -0.2) is 33.2 Å². The van der Waals surface area contributed by atoms with Crippen molar-refractivity contribution in [1.82, 2.24) is 5.32 Å². The summed E-state index contributed by atoms with van der Waals surface area (Å²) in [6.45, 7) is 3.84. The highest BCUT2D eigenvalue weighted by molar-refractivity contribution is 5.94. The van der Waals surface area contributed by atoms with Gasteiger partial charge in [0.05, 0.1) is 7.11 Å². The molecule has 0 saturated carbocycles. The van der Waals surface area contributed by atoms with Crippen molar-refractivity contribution in [2.75, 3.05) is 32.1 Å². The first-order valence-electron chi connectivity index (χ1n) is 8.26. The molecule has 1 atom stereocenters. The highest BCUT2D eigenvalue weighted by Gasteiger charge is 2.37. The number of nitrogens with zero attached hydrogens (tertiary/aromatic N) is 1. The zero-order valence-corrected chi connectivity index (χ0v) is 14.5. The summed E-state index contributed by atoms with van der Waals surface area (Å²) < 4.78 is 5.38. The molecule has 1 aliphatic heterocycles. The first kappa shape index (κ1) is 16.4. The van der Waals surface area contributed by atoms with Gasteiger partial charge in [0, 0.05) is 36.8 Å². The molecule has 0 aliphatic carbocycles. The molecule has 0 spiro atoms. The molecule has 4 heteroatoms. The third kappa shape index (κ3) is 3.09. The number of ether oxygens (including phenoxy) is 1. The number of carbonyl (C=O) groups is 1. The summed E-state index contributed by atoms with van der Waals surface area (Å²) in [5.41, 5.74) is 3.24. The van der Waals surface area contributed by atoms with E-state index >= 15 is 0 Å². The minimum Gasteiger partial charge on any atom is -0.497 e. The first-order valence-corrected chi connectivity index (χ1v) is 8.26. The summed E-state index contributed by atoms with van der Waals surface area (Å²) in [6.07, 6.45) is 0.885. The number of carbonyl (C=O) groups excluding carboxylic acids is 1. The third-order valence-corrected chi connectivity index (χ3v) is 4.85. The highest BCUT2D eigenvalue weighted by atomic mass is 16.5. The van der Waals surface area contributed by atoms with Gasteiger partial charge < -0.3 is 15.0 Å². The molecule has 2 aromatic rings. The van der Waals surface area contributed by atoms with Crippen LogP contribution in [0.2, 0.25) is 0 Å². The summed E-state index contributed by atoms with van der Waals surface area (Å²) in [5, 5.41) is 3.04. The van der Waals surface area contributed by atoms with E-state index < -0.39 is 0 Å². The number of fused-ring (bicyclic) bond motifs is 1. The second-order valence-electron chi connectivity index (χ2n) is 6.67. The highest BCUT2D eigenvalue weighted by Crippen LogP contribution is 2.43. The van der Waals surface area contributed by atoms with Crippen LogP contribution in [0.5, 0.6) is 5.75 Å². The van der Waals surface area contributed by atoms with Gasteiger partial charge in [-0.3, -0.25) is 4.79 Å². The van der Waals surface area contributed by atoms with Crippen LogP contribution in [0.3, 0.4) is 0 Å². The molecule has 1 unspecified atom stereocenters. The molecule has 1 amide bonds. The summed E-state index contributed by atoms with van der Waals surface area (Å²) in [5.74, 6) is 0.861. The first-order chi connectivity index (χ1) is 11.5. The van der Waals surface area contributed by atoms with Crippen molar-refractivity contribution in [1.29, 1.82) is 0 Å². The number of rotatable bonds is 5. The maximum Gasteiger partial charge on any atom is 0.251 e. The Kier molecular flexibility index (Phi) is 4.47. The molecule has 0 bridgehead atoms.